The second-order valence-electron chi connectivity index (χ2n) is 8.79. The fourth-order valence-corrected chi connectivity index (χ4v) is 4.71. The highest BCUT2D eigenvalue weighted by atomic mass is 15.4. The van der Waals surface area contributed by atoms with Gasteiger partial charge < -0.3 is 15.1 Å². The maximum Gasteiger partial charge on any atom is 0.228 e. The van der Waals surface area contributed by atoms with Crippen molar-refractivity contribution in [1.82, 2.24) is 19.9 Å². The largest absolute Gasteiger partial charge is 0.367 e. The van der Waals surface area contributed by atoms with Crippen LogP contribution in [0.4, 0.5) is 17.7 Å². The summed E-state index contributed by atoms with van der Waals surface area (Å²) in [7, 11) is 0. The first-order valence-corrected chi connectivity index (χ1v) is 11.5. The Balaban J connectivity index is 1.36. The van der Waals surface area contributed by atoms with E-state index in [-0.39, 0.29) is 0 Å². The summed E-state index contributed by atoms with van der Waals surface area (Å²) in [6.07, 6.45) is 6.40. The average molecular weight is 418 g/mol. The van der Waals surface area contributed by atoms with E-state index in [1.54, 1.807) is 0 Å². The van der Waals surface area contributed by atoms with Crippen molar-refractivity contribution in [3.05, 3.63) is 41.7 Å². The third-order valence-corrected chi connectivity index (χ3v) is 6.35. The van der Waals surface area contributed by atoms with Gasteiger partial charge in [-0.15, -0.1) is 0 Å². The van der Waals surface area contributed by atoms with Gasteiger partial charge in [-0.3, -0.25) is 0 Å². The Morgan fingerprint density at radius 1 is 0.774 bits per heavy atom. The topological polar surface area (TPSA) is 70.1 Å². The zero-order valence-corrected chi connectivity index (χ0v) is 18.5. The Bertz CT molecular complexity index is 1030. The Morgan fingerprint density at radius 2 is 1.39 bits per heavy atom. The predicted molar refractivity (Wildman–Crippen MR) is 126 cm³/mol. The SMILES string of the molecule is Cc1cc(C)nc(N2CCN(c3nc(NC4CCCCC4)c4ccccc4n3)CC2)n1. The summed E-state index contributed by atoms with van der Waals surface area (Å²) in [5, 5.41) is 4.85. The van der Waals surface area contributed by atoms with Gasteiger partial charge in [-0.25, -0.2) is 15.0 Å². The van der Waals surface area contributed by atoms with Crippen LogP contribution in [0.5, 0.6) is 0 Å². The van der Waals surface area contributed by atoms with Crippen molar-refractivity contribution in [3.8, 4) is 0 Å². The molecule has 3 aromatic rings. The number of aromatic nitrogens is 4. The molecule has 1 N–H and O–H groups in total. The molecule has 1 aliphatic heterocycles. The van der Waals surface area contributed by atoms with Gasteiger partial charge in [0.2, 0.25) is 11.9 Å². The Morgan fingerprint density at radius 3 is 2.06 bits per heavy atom. The molecule has 2 aromatic heterocycles. The monoisotopic (exact) mass is 417 g/mol. The van der Waals surface area contributed by atoms with E-state index in [4.69, 9.17) is 9.97 Å². The second-order valence-corrected chi connectivity index (χ2v) is 8.79. The molecule has 31 heavy (non-hydrogen) atoms. The highest BCUT2D eigenvalue weighted by Gasteiger charge is 2.23. The number of nitrogens with one attached hydrogen (secondary N) is 1. The van der Waals surface area contributed by atoms with Crippen LogP contribution in [0.2, 0.25) is 0 Å². The van der Waals surface area contributed by atoms with E-state index in [9.17, 15) is 0 Å². The minimum Gasteiger partial charge on any atom is -0.367 e. The number of benzene rings is 1. The summed E-state index contributed by atoms with van der Waals surface area (Å²) < 4.78 is 0. The molecular weight excluding hydrogens is 386 g/mol. The van der Waals surface area contributed by atoms with Crippen LogP contribution < -0.4 is 15.1 Å². The number of fused-ring (bicyclic) bond motifs is 1. The molecule has 5 rings (SSSR count). The van der Waals surface area contributed by atoms with Gasteiger partial charge in [0.15, 0.2) is 0 Å². The van der Waals surface area contributed by atoms with E-state index in [0.29, 0.717) is 6.04 Å². The van der Waals surface area contributed by atoms with E-state index in [1.165, 1.54) is 32.1 Å². The summed E-state index contributed by atoms with van der Waals surface area (Å²) in [6.45, 7) is 7.50. The summed E-state index contributed by atoms with van der Waals surface area (Å²) in [6, 6.07) is 10.9. The lowest BCUT2D eigenvalue weighted by Crippen LogP contribution is -2.47. The van der Waals surface area contributed by atoms with E-state index >= 15 is 0 Å². The normalized spacial score (nSPS) is 17.9. The molecule has 0 radical (unpaired) electrons. The van der Waals surface area contributed by atoms with Crippen LogP contribution in [-0.4, -0.2) is 52.2 Å². The molecule has 1 saturated carbocycles. The van der Waals surface area contributed by atoms with E-state index < -0.39 is 0 Å². The Labute approximate surface area is 183 Å². The van der Waals surface area contributed by atoms with Gasteiger partial charge in [0, 0.05) is 49.0 Å². The summed E-state index contributed by atoms with van der Waals surface area (Å²) in [5.41, 5.74) is 3.04. The quantitative estimate of drug-likeness (QED) is 0.685. The van der Waals surface area contributed by atoms with Crippen molar-refractivity contribution in [2.45, 2.75) is 52.0 Å². The van der Waals surface area contributed by atoms with Crippen LogP contribution in [-0.2, 0) is 0 Å². The maximum absolute atomic E-state index is 5.00. The molecule has 0 atom stereocenters. The van der Waals surface area contributed by atoms with E-state index in [1.807, 2.05) is 19.9 Å². The predicted octanol–water partition coefficient (Wildman–Crippen LogP) is 4.11. The number of aryl methyl sites for hydroxylation is 2. The Kier molecular flexibility index (Phi) is 5.57. The Hall–Kier alpha value is -2.96. The van der Waals surface area contributed by atoms with Crippen LogP contribution in [0.15, 0.2) is 30.3 Å². The molecule has 0 spiro atoms. The maximum atomic E-state index is 5.00. The molecule has 0 bridgehead atoms. The van der Waals surface area contributed by atoms with E-state index in [0.717, 1.165) is 66.2 Å². The minimum absolute atomic E-state index is 0.512. The van der Waals surface area contributed by atoms with Crippen LogP contribution in [0.1, 0.15) is 43.5 Å². The van der Waals surface area contributed by atoms with Crippen LogP contribution in [0.3, 0.4) is 0 Å². The van der Waals surface area contributed by atoms with Crippen molar-refractivity contribution < 1.29 is 0 Å². The van der Waals surface area contributed by atoms with Crippen LogP contribution >= 0.6 is 0 Å². The van der Waals surface area contributed by atoms with Crippen LogP contribution in [0.25, 0.3) is 10.9 Å². The molecule has 1 aromatic carbocycles. The molecule has 7 heteroatoms. The fraction of sp³-hybridized carbons (Fsp3) is 0.500. The van der Waals surface area contributed by atoms with Gasteiger partial charge in [0.1, 0.15) is 5.82 Å². The van der Waals surface area contributed by atoms with Crippen LogP contribution in [0, 0.1) is 13.8 Å². The second kappa shape index (κ2) is 8.65. The van der Waals surface area contributed by atoms with Crippen molar-refractivity contribution in [2.24, 2.45) is 0 Å². The summed E-state index contributed by atoms with van der Waals surface area (Å²) in [4.78, 5) is 23.7. The van der Waals surface area contributed by atoms with E-state index in [2.05, 4.69) is 49.4 Å². The molecule has 162 valence electrons. The van der Waals surface area contributed by atoms with Gasteiger partial charge in [0.25, 0.3) is 0 Å². The van der Waals surface area contributed by atoms with Crippen molar-refractivity contribution in [1.29, 1.82) is 0 Å². The highest BCUT2D eigenvalue weighted by molar-refractivity contribution is 5.90. The first kappa shape index (κ1) is 20.0. The van der Waals surface area contributed by atoms with Gasteiger partial charge in [0.05, 0.1) is 5.52 Å². The molecule has 0 unspecified atom stereocenters. The lowest BCUT2D eigenvalue weighted by Gasteiger charge is -2.35. The third-order valence-electron chi connectivity index (χ3n) is 6.35. The fourth-order valence-electron chi connectivity index (χ4n) is 4.71. The molecule has 0 amide bonds. The van der Waals surface area contributed by atoms with Crippen molar-refractivity contribution in [2.75, 3.05) is 41.3 Å². The van der Waals surface area contributed by atoms with Gasteiger partial charge in [-0.05, 0) is 44.9 Å². The standard InChI is InChI=1S/C24H31N7/c1-17-16-18(2)26-23(25-17)30-12-14-31(15-13-30)24-28-21-11-7-6-10-20(21)22(29-24)27-19-8-4-3-5-9-19/h6-7,10-11,16,19H,3-5,8-9,12-15H2,1-2H3,(H,27,28,29). The number of piperazine rings is 1. The first-order chi connectivity index (χ1) is 15.2. The lowest BCUT2D eigenvalue weighted by atomic mass is 9.95. The molecule has 2 fully saturated rings. The number of hydrogen-bond donors (Lipinski definition) is 1. The molecule has 1 aliphatic carbocycles. The van der Waals surface area contributed by atoms with Gasteiger partial charge in [-0.1, -0.05) is 31.4 Å². The number of rotatable bonds is 4. The number of anilines is 3. The number of nitrogens with zero attached hydrogens (tertiary/aromatic N) is 6. The molecular formula is C24H31N7. The molecule has 7 nitrogen and oxygen atoms in total. The molecule has 3 heterocycles. The number of para-hydroxylation sites is 1. The smallest absolute Gasteiger partial charge is 0.228 e. The first-order valence-electron chi connectivity index (χ1n) is 11.5. The van der Waals surface area contributed by atoms with Gasteiger partial charge in [-0.2, -0.15) is 4.98 Å². The summed E-state index contributed by atoms with van der Waals surface area (Å²) in [5.74, 6) is 2.63. The number of hydrogen-bond acceptors (Lipinski definition) is 7. The molecule has 1 saturated heterocycles. The highest BCUT2D eigenvalue weighted by Crippen LogP contribution is 2.28. The molecule has 2 aliphatic rings. The van der Waals surface area contributed by atoms with Gasteiger partial charge >= 0.3 is 0 Å². The van der Waals surface area contributed by atoms with Crippen molar-refractivity contribution >= 4 is 28.6 Å². The zero-order chi connectivity index (χ0) is 21.2. The lowest BCUT2D eigenvalue weighted by molar-refractivity contribution is 0.462. The minimum atomic E-state index is 0.512. The summed E-state index contributed by atoms with van der Waals surface area (Å²) >= 11 is 0. The zero-order valence-electron chi connectivity index (χ0n) is 18.5. The third kappa shape index (κ3) is 4.40. The average Bonchev–Trinajstić information content (AvgIpc) is 2.79. The van der Waals surface area contributed by atoms with Crippen molar-refractivity contribution in [3.63, 3.8) is 0 Å².